The second kappa shape index (κ2) is 8.70. The first kappa shape index (κ1) is 20.5. The molecule has 0 fully saturated rings. The average Bonchev–Trinajstić information content (AvgIpc) is 2.58. The fraction of sp³-hybridized carbons (Fsp3) is 0.176. The quantitative estimate of drug-likeness (QED) is 0.699. The number of halogens is 2. The minimum Gasteiger partial charge on any atom is -0.324 e. The number of allylic oxidation sites excluding steroid dienone is 2. The van der Waals surface area contributed by atoms with Gasteiger partial charge in [-0.1, -0.05) is 35.4 Å². The fourth-order valence-electron chi connectivity index (χ4n) is 2.36. The van der Waals surface area contributed by atoms with Crippen LogP contribution >= 0.6 is 23.2 Å². The van der Waals surface area contributed by atoms with Gasteiger partial charge in [0, 0.05) is 15.7 Å². The number of rotatable bonds is 7. The second-order valence-electron chi connectivity index (χ2n) is 5.44. The van der Waals surface area contributed by atoms with Gasteiger partial charge in [-0.15, -0.1) is 13.2 Å². The van der Waals surface area contributed by atoms with Gasteiger partial charge in [0.25, 0.3) is 0 Å². The number of nitrogens with zero attached hydrogens (tertiary/aromatic N) is 3. The Labute approximate surface area is 163 Å². The Morgan fingerprint density at radius 2 is 1.33 bits per heavy atom. The van der Waals surface area contributed by atoms with Crippen LogP contribution in [0.15, 0.2) is 57.9 Å². The Morgan fingerprint density at radius 1 is 0.889 bits per heavy atom. The van der Waals surface area contributed by atoms with Crippen molar-refractivity contribution in [2.24, 2.45) is 0 Å². The summed E-state index contributed by atoms with van der Waals surface area (Å²) in [6, 6.07) is 4.41. The molecule has 27 heavy (non-hydrogen) atoms. The van der Waals surface area contributed by atoms with E-state index in [0.29, 0.717) is 20.3 Å². The van der Waals surface area contributed by atoms with Crippen LogP contribution in [-0.2, 0) is 24.4 Å². The van der Waals surface area contributed by atoms with Gasteiger partial charge in [0.1, 0.15) is 6.54 Å². The third-order valence-corrected chi connectivity index (χ3v) is 3.89. The molecule has 142 valence electrons. The number of benzene rings is 1. The molecule has 1 N–H and O–H groups in total. The largest absolute Gasteiger partial charge is 0.337 e. The molecule has 1 aromatic carbocycles. The molecular weight excluding hydrogens is 395 g/mol. The first-order valence-electron chi connectivity index (χ1n) is 7.70. The van der Waals surface area contributed by atoms with Crippen molar-refractivity contribution in [2.75, 3.05) is 5.32 Å². The predicted octanol–water partition coefficient (Wildman–Crippen LogP) is 1.49. The number of nitrogens with one attached hydrogen (secondary N) is 1. The summed E-state index contributed by atoms with van der Waals surface area (Å²) in [6.07, 6.45) is 2.67. The summed E-state index contributed by atoms with van der Waals surface area (Å²) in [6.45, 7) is 6.14. The molecule has 1 aromatic heterocycles. The third kappa shape index (κ3) is 4.66. The standard InChI is InChI=1S/C17H16Cl2N4O4/c1-3-5-21-15(25)22(6-4-2)17(27)23(16(21)26)10-14(24)20-13-8-11(18)7-12(19)9-13/h3-4,7-9H,1-2,5-6,10H2,(H,20,24). The smallest absolute Gasteiger partial charge is 0.324 e. The lowest BCUT2D eigenvalue weighted by molar-refractivity contribution is -0.116. The maximum absolute atomic E-state index is 12.5. The van der Waals surface area contributed by atoms with Crippen LogP contribution < -0.4 is 22.4 Å². The highest BCUT2D eigenvalue weighted by Crippen LogP contribution is 2.22. The number of carbonyl (C=O) groups excluding carboxylic acids is 1. The lowest BCUT2D eigenvalue weighted by Gasteiger charge is -2.12. The molecular formula is C17H16Cl2N4O4. The maximum Gasteiger partial charge on any atom is 0.337 e. The molecule has 2 aromatic rings. The van der Waals surface area contributed by atoms with Crippen molar-refractivity contribution in [2.45, 2.75) is 19.6 Å². The van der Waals surface area contributed by atoms with E-state index < -0.39 is 29.5 Å². The third-order valence-electron chi connectivity index (χ3n) is 3.46. The molecule has 1 heterocycles. The van der Waals surface area contributed by atoms with Crippen molar-refractivity contribution in [1.82, 2.24) is 13.7 Å². The Kier molecular flexibility index (Phi) is 6.59. The topological polar surface area (TPSA) is 95.1 Å². The van der Waals surface area contributed by atoms with Crippen LogP contribution in [0, 0.1) is 0 Å². The summed E-state index contributed by atoms with van der Waals surface area (Å²) in [7, 11) is 0. The first-order chi connectivity index (χ1) is 12.8. The zero-order valence-corrected chi connectivity index (χ0v) is 15.7. The van der Waals surface area contributed by atoms with Gasteiger partial charge in [-0.2, -0.15) is 0 Å². The van der Waals surface area contributed by atoms with Gasteiger partial charge >= 0.3 is 17.1 Å². The first-order valence-corrected chi connectivity index (χ1v) is 8.46. The number of anilines is 1. The summed E-state index contributed by atoms with van der Waals surface area (Å²) in [5, 5.41) is 3.12. The highest BCUT2D eigenvalue weighted by atomic mass is 35.5. The van der Waals surface area contributed by atoms with E-state index >= 15 is 0 Å². The molecule has 1 amide bonds. The van der Waals surface area contributed by atoms with Crippen molar-refractivity contribution in [3.63, 3.8) is 0 Å². The summed E-state index contributed by atoms with van der Waals surface area (Å²) in [4.78, 5) is 49.5. The summed E-state index contributed by atoms with van der Waals surface area (Å²) >= 11 is 11.7. The number of aromatic nitrogens is 3. The molecule has 2 rings (SSSR count). The van der Waals surface area contributed by atoms with Gasteiger partial charge in [-0.3, -0.25) is 4.79 Å². The molecule has 0 radical (unpaired) electrons. The predicted molar refractivity (Wildman–Crippen MR) is 105 cm³/mol. The van der Waals surface area contributed by atoms with Crippen LogP contribution in [0.2, 0.25) is 10.0 Å². The van der Waals surface area contributed by atoms with E-state index in [1.165, 1.54) is 30.4 Å². The van der Waals surface area contributed by atoms with Crippen LogP contribution in [0.1, 0.15) is 0 Å². The Hall–Kier alpha value is -2.84. The van der Waals surface area contributed by atoms with Crippen LogP contribution in [0.25, 0.3) is 0 Å². The molecule has 0 bridgehead atoms. The van der Waals surface area contributed by atoms with Gasteiger partial charge < -0.3 is 5.32 Å². The highest BCUT2D eigenvalue weighted by Gasteiger charge is 2.16. The SMILES string of the molecule is C=CCn1c(=O)n(CC=C)c(=O)n(CC(=O)Nc2cc(Cl)cc(Cl)c2)c1=O. The minimum atomic E-state index is -0.913. The monoisotopic (exact) mass is 410 g/mol. The van der Waals surface area contributed by atoms with E-state index in [1.807, 2.05) is 0 Å². The van der Waals surface area contributed by atoms with Gasteiger partial charge in [-0.25, -0.2) is 28.1 Å². The van der Waals surface area contributed by atoms with Crippen molar-refractivity contribution in [1.29, 1.82) is 0 Å². The molecule has 10 heteroatoms. The van der Waals surface area contributed by atoms with E-state index in [1.54, 1.807) is 0 Å². The molecule has 0 aliphatic carbocycles. The summed E-state index contributed by atoms with van der Waals surface area (Å²) < 4.78 is 2.28. The molecule has 0 unspecified atom stereocenters. The molecule has 8 nitrogen and oxygen atoms in total. The maximum atomic E-state index is 12.5. The number of carbonyl (C=O) groups is 1. The van der Waals surface area contributed by atoms with Crippen LogP contribution in [0.5, 0.6) is 0 Å². The Morgan fingerprint density at radius 3 is 1.78 bits per heavy atom. The normalized spacial score (nSPS) is 10.4. The lowest BCUT2D eigenvalue weighted by atomic mass is 10.3. The number of hydrogen-bond acceptors (Lipinski definition) is 4. The molecule has 0 spiro atoms. The fourth-order valence-corrected chi connectivity index (χ4v) is 2.88. The zero-order chi connectivity index (χ0) is 20.1. The average molecular weight is 411 g/mol. The number of hydrogen-bond donors (Lipinski definition) is 1. The van der Waals surface area contributed by atoms with Crippen LogP contribution in [0.3, 0.4) is 0 Å². The Balaban J connectivity index is 2.45. The highest BCUT2D eigenvalue weighted by molar-refractivity contribution is 6.35. The lowest BCUT2D eigenvalue weighted by Crippen LogP contribution is -2.55. The van der Waals surface area contributed by atoms with E-state index in [0.717, 1.165) is 9.13 Å². The molecule has 0 aliphatic heterocycles. The number of amides is 1. The molecule has 0 saturated carbocycles. The van der Waals surface area contributed by atoms with Gasteiger partial charge in [-0.05, 0) is 18.2 Å². The van der Waals surface area contributed by atoms with E-state index in [2.05, 4.69) is 18.5 Å². The van der Waals surface area contributed by atoms with Gasteiger partial charge in [0.15, 0.2) is 0 Å². The van der Waals surface area contributed by atoms with Crippen LogP contribution in [-0.4, -0.2) is 19.6 Å². The molecule has 0 saturated heterocycles. The Bertz CT molecular complexity index is 1010. The minimum absolute atomic E-state index is 0.111. The zero-order valence-electron chi connectivity index (χ0n) is 14.2. The molecule has 0 atom stereocenters. The van der Waals surface area contributed by atoms with E-state index in [4.69, 9.17) is 23.2 Å². The summed E-state index contributed by atoms with van der Waals surface area (Å²) in [5.41, 5.74) is -2.33. The van der Waals surface area contributed by atoms with Crippen LogP contribution in [0.4, 0.5) is 5.69 Å². The second-order valence-corrected chi connectivity index (χ2v) is 6.31. The van der Waals surface area contributed by atoms with Crippen molar-refractivity contribution in [3.05, 3.63) is 85.0 Å². The van der Waals surface area contributed by atoms with Gasteiger partial charge in [0.05, 0.1) is 13.1 Å². The summed E-state index contributed by atoms with van der Waals surface area (Å²) in [5.74, 6) is -0.665. The van der Waals surface area contributed by atoms with Crippen molar-refractivity contribution in [3.8, 4) is 0 Å². The van der Waals surface area contributed by atoms with E-state index in [-0.39, 0.29) is 13.1 Å². The van der Waals surface area contributed by atoms with E-state index in [9.17, 15) is 19.2 Å². The van der Waals surface area contributed by atoms with Crippen molar-refractivity contribution < 1.29 is 4.79 Å². The van der Waals surface area contributed by atoms with Crippen molar-refractivity contribution >= 4 is 34.8 Å². The van der Waals surface area contributed by atoms with Gasteiger partial charge in [0.2, 0.25) is 5.91 Å². The molecule has 0 aliphatic rings.